The van der Waals surface area contributed by atoms with Crippen molar-refractivity contribution in [1.29, 1.82) is 0 Å². The molecule has 0 radical (unpaired) electrons. The van der Waals surface area contributed by atoms with Crippen LogP contribution in [0.1, 0.15) is 79.1 Å². The van der Waals surface area contributed by atoms with Crippen LogP contribution >= 0.6 is 0 Å². The minimum atomic E-state index is -0.221. The van der Waals surface area contributed by atoms with Gasteiger partial charge in [-0.1, -0.05) is 19.8 Å². The maximum atomic E-state index is 11.7. The smallest absolute Gasteiger partial charge is 0.302 e. The van der Waals surface area contributed by atoms with E-state index in [-0.39, 0.29) is 40.9 Å². The number of hydrogen-bond acceptors (Lipinski definition) is 4. The molecule has 160 valence electrons. The highest BCUT2D eigenvalue weighted by Gasteiger charge is 2.62. The molecular formula is C25H36O4. The molecule has 0 aliphatic heterocycles. The van der Waals surface area contributed by atoms with Crippen molar-refractivity contribution < 1.29 is 19.1 Å². The molecule has 9 atom stereocenters. The van der Waals surface area contributed by atoms with Gasteiger partial charge in [-0.25, -0.2) is 0 Å². The molecule has 0 saturated heterocycles. The van der Waals surface area contributed by atoms with Crippen LogP contribution < -0.4 is 0 Å². The molecule has 4 aliphatic rings. The van der Waals surface area contributed by atoms with Crippen LogP contribution in [0.25, 0.3) is 0 Å². The van der Waals surface area contributed by atoms with E-state index in [1.54, 1.807) is 0 Å². The first-order chi connectivity index (χ1) is 13.7. The Morgan fingerprint density at radius 1 is 0.931 bits per heavy atom. The second-order valence-corrected chi connectivity index (χ2v) is 10.7. The van der Waals surface area contributed by atoms with Gasteiger partial charge < -0.3 is 9.47 Å². The first-order valence-corrected chi connectivity index (χ1v) is 11.5. The van der Waals surface area contributed by atoms with E-state index in [0.29, 0.717) is 23.7 Å². The summed E-state index contributed by atoms with van der Waals surface area (Å²) in [6.07, 6.45) is 14.6. The van der Waals surface area contributed by atoms with Gasteiger partial charge in [0.2, 0.25) is 0 Å². The standard InChI is InChI=1S/C25H36O4/c1-6-17-13-18-7-8-19-20-9-10-23(29-16(3)27)24(20,4)12-11-21(19)25(18,5)14-22(17)28-15(2)26/h1,17-23H,7-14H2,2-5H3/t17-,18+,19+,20-,21+,22-,23+,24+,25+/m1/s1. The minimum Gasteiger partial charge on any atom is -0.462 e. The van der Waals surface area contributed by atoms with E-state index in [0.717, 1.165) is 32.1 Å². The van der Waals surface area contributed by atoms with E-state index in [1.165, 1.54) is 33.1 Å². The van der Waals surface area contributed by atoms with Crippen LogP contribution in [0.3, 0.4) is 0 Å². The third-order valence-electron chi connectivity index (χ3n) is 9.45. The fraction of sp³-hybridized carbons (Fsp3) is 0.840. The molecule has 4 nitrogen and oxygen atoms in total. The fourth-order valence-corrected chi connectivity index (χ4v) is 8.13. The van der Waals surface area contributed by atoms with Crippen LogP contribution in [0.5, 0.6) is 0 Å². The molecule has 0 heterocycles. The quantitative estimate of drug-likeness (QED) is 0.496. The molecule has 0 spiro atoms. The Labute approximate surface area is 175 Å². The van der Waals surface area contributed by atoms with Crippen molar-refractivity contribution in [3.05, 3.63) is 0 Å². The SMILES string of the molecule is C#C[C@@H]1C[C@@H]2CC[C@H]3[C@H]4CC[C@H](OC(C)=O)[C@@]4(C)CC[C@@H]3[C@@]2(C)C[C@H]1OC(C)=O. The van der Waals surface area contributed by atoms with Crippen LogP contribution in [-0.2, 0) is 19.1 Å². The lowest BCUT2D eigenvalue weighted by Gasteiger charge is -2.61. The first-order valence-electron chi connectivity index (χ1n) is 11.5. The zero-order chi connectivity index (χ0) is 21.0. The van der Waals surface area contributed by atoms with Gasteiger partial charge in [0.15, 0.2) is 0 Å². The number of carbonyl (C=O) groups is 2. The Morgan fingerprint density at radius 3 is 2.28 bits per heavy atom. The second-order valence-electron chi connectivity index (χ2n) is 10.7. The highest BCUT2D eigenvalue weighted by atomic mass is 16.5. The number of carbonyl (C=O) groups excluding carboxylic acids is 2. The first kappa shape index (κ1) is 20.8. The summed E-state index contributed by atoms with van der Waals surface area (Å²) in [5, 5.41) is 0. The van der Waals surface area contributed by atoms with Crippen LogP contribution in [0, 0.1) is 52.8 Å². The zero-order valence-corrected chi connectivity index (χ0v) is 18.4. The highest BCUT2D eigenvalue weighted by molar-refractivity contribution is 5.66. The fourth-order valence-electron chi connectivity index (χ4n) is 8.13. The van der Waals surface area contributed by atoms with Crippen molar-refractivity contribution in [3.8, 4) is 12.3 Å². The van der Waals surface area contributed by atoms with Crippen molar-refractivity contribution in [2.75, 3.05) is 0 Å². The minimum absolute atomic E-state index is 0.0437. The molecule has 4 rings (SSSR count). The van der Waals surface area contributed by atoms with Gasteiger partial charge >= 0.3 is 11.9 Å². The molecular weight excluding hydrogens is 364 g/mol. The summed E-state index contributed by atoms with van der Waals surface area (Å²) in [6, 6.07) is 0. The highest BCUT2D eigenvalue weighted by Crippen LogP contribution is 2.67. The van der Waals surface area contributed by atoms with E-state index in [2.05, 4.69) is 19.8 Å². The molecule has 0 unspecified atom stereocenters. The Morgan fingerprint density at radius 2 is 1.62 bits per heavy atom. The van der Waals surface area contributed by atoms with Gasteiger partial charge in [-0.05, 0) is 80.5 Å². The third-order valence-corrected chi connectivity index (χ3v) is 9.45. The van der Waals surface area contributed by atoms with Gasteiger partial charge in [-0.2, -0.15) is 0 Å². The molecule has 0 aromatic heterocycles. The van der Waals surface area contributed by atoms with Crippen LogP contribution in [0.2, 0.25) is 0 Å². The average Bonchev–Trinajstić information content (AvgIpc) is 2.96. The number of rotatable bonds is 2. The Balaban J connectivity index is 1.58. The largest absolute Gasteiger partial charge is 0.462 e. The van der Waals surface area contributed by atoms with Crippen molar-refractivity contribution in [3.63, 3.8) is 0 Å². The molecule has 4 heteroatoms. The third kappa shape index (κ3) is 3.29. The summed E-state index contributed by atoms with van der Waals surface area (Å²) >= 11 is 0. The number of esters is 2. The topological polar surface area (TPSA) is 52.6 Å². The van der Waals surface area contributed by atoms with E-state index in [9.17, 15) is 9.59 Å². The Kier molecular flexibility index (Phi) is 5.24. The van der Waals surface area contributed by atoms with E-state index in [1.807, 2.05) is 0 Å². The Hall–Kier alpha value is -1.50. The van der Waals surface area contributed by atoms with Crippen LogP contribution in [0.15, 0.2) is 0 Å². The van der Waals surface area contributed by atoms with Crippen molar-refractivity contribution in [1.82, 2.24) is 0 Å². The molecule has 4 fully saturated rings. The molecule has 0 aromatic rings. The number of hydrogen-bond donors (Lipinski definition) is 0. The summed E-state index contributed by atoms with van der Waals surface area (Å²) in [7, 11) is 0. The summed E-state index contributed by atoms with van der Waals surface area (Å²) in [5.41, 5.74) is 0.290. The van der Waals surface area contributed by atoms with Crippen molar-refractivity contribution in [2.24, 2.45) is 40.4 Å². The number of terminal acetylenes is 1. The molecule has 0 aromatic carbocycles. The van der Waals surface area contributed by atoms with Gasteiger partial charge in [0.25, 0.3) is 0 Å². The average molecular weight is 401 g/mol. The zero-order valence-electron chi connectivity index (χ0n) is 18.4. The van der Waals surface area contributed by atoms with Crippen molar-refractivity contribution >= 4 is 11.9 Å². The predicted molar refractivity (Wildman–Crippen MR) is 111 cm³/mol. The molecule has 0 amide bonds. The normalized spacial score (nSPS) is 48.4. The van der Waals surface area contributed by atoms with Gasteiger partial charge in [-0.3, -0.25) is 9.59 Å². The maximum absolute atomic E-state index is 11.7. The van der Waals surface area contributed by atoms with Crippen molar-refractivity contribution in [2.45, 2.75) is 91.3 Å². The number of fused-ring (bicyclic) bond motifs is 5. The molecule has 29 heavy (non-hydrogen) atoms. The summed E-state index contributed by atoms with van der Waals surface area (Å²) in [5.74, 6) is 5.16. The van der Waals surface area contributed by atoms with Gasteiger partial charge in [0, 0.05) is 19.3 Å². The number of ether oxygens (including phenoxy) is 2. The predicted octanol–water partition coefficient (Wildman–Crippen LogP) is 4.75. The molecule has 0 N–H and O–H groups in total. The van der Waals surface area contributed by atoms with E-state index < -0.39 is 0 Å². The lowest BCUT2D eigenvalue weighted by Crippen LogP contribution is -2.56. The summed E-state index contributed by atoms with van der Waals surface area (Å²) < 4.78 is 11.5. The van der Waals surface area contributed by atoms with E-state index >= 15 is 0 Å². The molecule has 4 saturated carbocycles. The van der Waals surface area contributed by atoms with E-state index in [4.69, 9.17) is 15.9 Å². The van der Waals surface area contributed by atoms with Gasteiger partial charge in [0.05, 0.1) is 5.92 Å². The monoisotopic (exact) mass is 400 g/mol. The Bertz CT molecular complexity index is 723. The molecule has 0 bridgehead atoms. The lowest BCUT2D eigenvalue weighted by atomic mass is 9.44. The molecule has 4 aliphatic carbocycles. The maximum Gasteiger partial charge on any atom is 0.302 e. The van der Waals surface area contributed by atoms with Gasteiger partial charge in [0.1, 0.15) is 12.2 Å². The van der Waals surface area contributed by atoms with Gasteiger partial charge in [-0.15, -0.1) is 6.42 Å². The van der Waals surface area contributed by atoms with Crippen LogP contribution in [0.4, 0.5) is 0 Å². The summed E-state index contributed by atoms with van der Waals surface area (Å²) in [4.78, 5) is 23.3. The van der Waals surface area contributed by atoms with Crippen LogP contribution in [-0.4, -0.2) is 24.1 Å². The second kappa shape index (κ2) is 7.33. The summed E-state index contributed by atoms with van der Waals surface area (Å²) in [6.45, 7) is 7.83. The lowest BCUT2D eigenvalue weighted by molar-refractivity contribution is -0.175.